The lowest BCUT2D eigenvalue weighted by atomic mass is 9.99. The number of carbonyl (C=O) groups excluding carboxylic acids is 1. The molecule has 2 heterocycles. The number of phenolic OH excluding ortho intramolecular Hbond substituents is 1. The van der Waals surface area contributed by atoms with E-state index >= 15 is 0 Å². The van der Waals surface area contributed by atoms with Crippen molar-refractivity contribution < 1.29 is 19.4 Å². The van der Waals surface area contributed by atoms with Crippen LogP contribution in [0.15, 0.2) is 24.3 Å². The standard InChI is InChI=1S/C16H19N3O4/c1-22-13-6-2-5-11(15(13)20)16(21)17-14-8-12(18-19-14)10-4-3-7-23-9-10/h2,5-6,8,10,20H,3-4,7,9H2,1H3,(H2,17,18,19,21). The van der Waals surface area contributed by atoms with Crippen molar-refractivity contribution in [2.24, 2.45) is 0 Å². The first kappa shape index (κ1) is 15.4. The number of H-pyrrole nitrogens is 1. The third-order valence-corrected chi connectivity index (χ3v) is 3.90. The predicted molar refractivity (Wildman–Crippen MR) is 84.0 cm³/mol. The Morgan fingerprint density at radius 3 is 3.13 bits per heavy atom. The maximum Gasteiger partial charge on any atom is 0.260 e. The minimum atomic E-state index is -0.445. The Bertz CT molecular complexity index is 692. The van der Waals surface area contributed by atoms with Gasteiger partial charge in [0.2, 0.25) is 0 Å². The van der Waals surface area contributed by atoms with Crippen molar-refractivity contribution in [2.75, 3.05) is 25.6 Å². The summed E-state index contributed by atoms with van der Waals surface area (Å²) in [5.74, 6) is 0.299. The number of methoxy groups -OCH3 is 1. The van der Waals surface area contributed by atoms with Gasteiger partial charge in [-0.25, -0.2) is 0 Å². The van der Waals surface area contributed by atoms with Gasteiger partial charge >= 0.3 is 0 Å². The molecule has 1 saturated heterocycles. The molecule has 7 heteroatoms. The Hall–Kier alpha value is -2.54. The van der Waals surface area contributed by atoms with Crippen molar-refractivity contribution in [3.63, 3.8) is 0 Å². The van der Waals surface area contributed by atoms with Gasteiger partial charge in [-0.3, -0.25) is 9.89 Å². The lowest BCUT2D eigenvalue weighted by Gasteiger charge is -2.20. The van der Waals surface area contributed by atoms with E-state index in [2.05, 4.69) is 15.5 Å². The molecule has 1 aromatic heterocycles. The molecule has 3 N–H and O–H groups in total. The number of phenols is 1. The third-order valence-electron chi connectivity index (χ3n) is 3.90. The second-order valence-electron chi connectivity index (χ2n) is 5.43. The molecule has 1 aromatic carbocycles. The minimum Gasteiger partial charge on any atom is -0.504 e. The molecule has 1 fully saturated rings. The van der Waals surface area contributed by atoms with Crippen molar-refractivity contribution in [1.29, 1.82) is 0 Å². The first-order valence-electron chi connectivity index (χ1n) is 7.49. The minimum absolute atomic E-state index is 0.134. The normalized spacial score (nSPS) is 17.7. The molecule has 1 aliphatic heterocycles. The van der Waals surface area contributed by atoms with Crippen LogP contribution >= 0.6 is 0 Å². The summed E-state index contributed by atoms with van der Waals surface area (Å²) in [6, 6.07) is 6.55. The summed E-state index contributed by atoms with van der Waals surface area (Å²) in [7, 11) is 1.43. The number of benzene rings is 1. The lowest BCUT2D eigenvalue weighted by molar-refractivity contribution is 0.0793. The van der Waals surface area contributed by atoms with Crippen LogP contribution < -0.4 is 10.1 Å². The van der Waals surface area contributed by atoms with E-state index < -0.39 is 5.91 Å². The molecule has 23 heavy (non-hydrogen) atoms. The molecule has 0 saturated carbocycles. The highest BCUT2D eigenvalue weighted by atomic mass is 16.5. The van der Waals surface area contributed by atoms with E-state index in [1.807, 2.05) is 0 Å². The highest BCUT2D eigenvalue weighted by Crippen LogP contribution is 2.30. The van der Waals surface area contributed by atoms with E-state index in [9.17, 15) is 9.90 Å². The van der Waals surface area contributed by atoms with Crippen molar-refractivity contribution in [2.45, 2.75) is 18.8 Å². The molecule has 7 nitrogen and oxygen atoms in total. The van der Waals surface area contributed by atoms with Crippen LogP contribution in [0.4, 0.5) is 5.82 Å². The van der Waals surface area contributed by atoms with Crippen LogP contribution in [0.3, 0.4) is 0 Å². The molecule has 122 valence electrons. The smallest absolute Gasteiger partial charge is 0.260 e. The number of aromatic amines is 1. The molecular weight excluding hydrogens is 298 g/mol. The molecule has 0 bridgehead atoms. The van der Waals surface area contributed by atoms with Gasteiger partial charge in [0.15, 0.2) is 17.3 Å². The fourth-order valence-electron chi connectivity index (χ4n) is 2.65. The number of amides is 1. The number of aromatic nitrogens is 2. The first-order chi connectivity index (χ1) is 11.2. The molecule has 0 aliphatic carbocycles. The summed E-state index contributed by atoms with van der Waals surface area (Å²) in [6.45, 7) is 1.45. The molecule has 1 aliphatic rings. The number of para-hydroxylation sites is 1. The van der Waals surface area contributed by atoms with Gasteiger partial charge in [0.05, 0.1) is 19.3 Å². The quantitative estimate of drug-likeness (QED) is 0.804. The van der Waals surface area contributed by atoms with Crippen LogP contribution in [0.2, 0.25) is 0 Å². The zero-order valence-electron chi connectivity index (χ0n) is 12.8. The number of anilines is 1. The number of hydrogen-bond acceptors (Lipinski definition) is 5. The van der Waals surface area contributed by atoms with E-state index in [0.717, 1.165) is 25.1 Å². The number of hydrogen-bond donors (Lipinski definition) is 3. The predicted octanol–water partition coefficient (Wildman–Crippen LogP) is 2.27. The van der Waals surface area contributed by atoms with Gasteiger partial charge in [0.1, 0.15) is 0 Å². The van der Waals surface area contributed by atoms with E-state index in [1.54, 1.807) is 18.2 Å². The molecule has 0 radical (unpaired) electrons. The average molecular weight is 317 g/mol. The van der Waals surface area contributed by atoms with Crippen LogP contribution in [0, 0.1) is 0 Å². The van der Waals surface area contributed by atoms with Crippen molar-refractivity contribution in [3.8, 4) is 11.5 Å². The van der Waals surface area contributed by atoms with Crippen LogP contribution in [0.25, 0.3) is 0 Å². The number of nitrogens with one attached hydrogen (secondary N) is 2. The molecule has 1 atom stereocenters. The average Bonchev–Trinajstić information content (AvgIpc) is 3.04. The molecular formula is C16H19N3O4. The fraction of sp³-hybridized carbons (Fsp3) is 0.375. The van der Waals surface area contributed by atoms with Gasteiger partial charge in [-0.15, -0.1) is 0 Å². The number of nitrogens with zero attached hydrogens (tertiary/aromatic N) is 1. The molecule has 2 aromatic rings. The maximum absolute atomic E-state index is 12.3. The largest absolute Gasteiger partial charge is 0.504 e. The van der Waals surface area contributed by atoms with Crippen LogP contribution in [-0.2, 0) is 4.74 Å². The van der Waals surface area contributed by atoms with E-state index in [0.29, 0.717) is 12.4 Å². The van der Waals surface area contributed by atoms with Gasteiger partial charge in [-0.1, -0.05) is 6.07 Å². The van der Waals surface area contributed by atoms with Crippen LogP contribution in [-0.4, -0.2) is 41.5 Å². The second kappa shape index (κ2) is 6.70. The van der Waals surface area contributed by atoms with Crippen LogP contribution in [0.1, 0.15) is 34.8 Å². The van der Waals surface area contributed by atoms with E-state index in [1.165, 1.54) is 13.2 Å². The van der Waals surface area contributed by atoms with Gasteiger partial charge in [-0.2, -0.15) is 5.10 Å². The Balaban J connectivity index is 1.72. The summed E-state index contributed by atoms with van der Waals surface area (Å²) < 4.78 is 10.5. The highest BCUT2D eigenvalue weighted by molar-refractivity contribution is 6.06. The summed E-state index contributed by atoms with van der Waals surface area (Å²) in [4.78, 5) is 12.3. The number of carbonyl (C=O) groups is 1. The van der Waals surface area contributed by atoms with Gasteiger partial charge in [0, 0.05) is 24.3 Å². The SMILES string of the molecule is COc1cccc(C(=O)Nc2cc(C3CCCOC3)[nH]n2)c1O. The van der Waals surface area contributed by atoms with E-state index in [-0.39, 0.29) is 23.0 Å². The Morgan fingerprint density at radius 2 is 2.39 bits per heavy atom. The topological polar surface area (TPSA) is 96.5 Å². The van der Waals surface area contributed by atoms with Crippen molar-refractivity contribution >= 4 is 11.7 Å². The number of aromatic hydroxyl groups is 1. The first-order valence-corrected chi connectivity index (χ1v) is 7.49. The maximum atomic E-state index is 12.3. The summed E-state index contributed by atoms with van der Waals surface area (Å²) in [6.07, 6.45) is 2.05. The zero-order chi connectivity index (χ0) is 16.2. The highest BCUT2D eigenvalue weighted by Gasteiger charge is 2.20. The summed E-state index contributed by atoms with van der Waals surface area (Å²) >= 11 is 0. The summed E-state index contributed by atoms with van der Waals surface area (Å²) in [5, 5.41) is 19.7. The fourth-order valence-corrected chi connectivity index (χ4v) is 2.65. The Morgan fingerprint density at radius 1 is 1.52 bits per heavy atom. The Kier molecular flexibility index (Phi) is 4.47. The molecule has 0 spiro atoms. The van der Waals surface area contributed by atoms with Crippen molar-refractivity contribution in [3.05, 3.63) is 35.5 Å². The van der Waals surface area contributed by atoms with Gasteiger partial charge < -0.3 is 19.9 Å². The molecule has 1 unspecified atom stereocenters. The van der Waals surface area contributed by atoms with Gasteiger partial charge in [0.25, 0.3) is 5.91 Å². The van der Waals surface area contributed by atoms with Crippen molar-refractivity contribution in [1.82, 2.24) is 10.2 Å². The number of rotatable bonds is 4. The number of ether oxygens (including phenoxy) is 2. The monoisotopic (exact) mass is 317 g/mol. The van der Waals surface area contributed by atoms with Gasteiger partial charge in [-0.05, 0) is 25.0 Å². The second-order valence-corrected chi connectivity index (χ2v) is 5.43. The Labute approximate surface area is 133 Å². The molecule has 3 rings (SSSR count). The lowest BCUT2D eigenvalue weighted by Crippen LogP contribution is -2.15. The molecule has 1 amide bonds. The third kappa shape index (κ3) is 3.29. The van der Waals surface area contributed by atoms with E-state index in [4.69, 9.17) is 9.47 Å². The van der Waals surface area contributed by atoms with Crippen LogP contribution in [0.5, 0.6) is 11.5 Å². The zero-order valence-corrected chi connectivity index (χ0v) is 12.8. The summed E-state index contributed by atoms with van der Waals surface area (Å²) in [5.41, 5.74) is 1.07.